The second-order valence-corrected chi connectivity index (χ2v) is 6.74. The normalized spacial score (nSPS) is 12.4. The second-order valence-electron chi connectivity index (χ2n) is 6.74. The van der Waals surface area contributed by atoms with E-state index in [1.807, 2.05) is 37.4 Å². The highest BCUT2D eigenvalue weighted by atomic mass is 16.2. The fourth-order valence-corrected chi connectivity index (χ4v) is 2.76. The molecule has 5 nitrogen and oxygen atoms in total. The van der Waals surface area contributed by atoms with Crippen molar-refractivity contribution < 1.29 is 4.79 Å². The van der Waals surface area contributed by atoms with E-state index in [4.69, 9.17) is 5.73 Å². The molecule has 1 amide bonds. The van der Waals surface area contributed by atoms with Gasteiger partial charge in [-0.2, -0.15) is 5.10 Å². The predicted molar refractivity (Wildman–Crippen MR) is 97.4 cm³/mol. The molecule has 0 aliphatic heterocycles. The van der Waals surface area contributed by atoms with Gasteiger partial charge in [-0.15, -0.1) is 0 Å². The lowest BCUT2D eigenvalue weighted by molar-refractivity contribution is -0.131. The summed E-state index contributed by atoms with van der Waals surface area (Å²) in [6.07, 6.45) is 2.47. The molecule has 1 aromatic heterocycles. The monoisotopic (exact) mass is 328 g/mol. The van der Waals surface area contributed by atoms with Crippen molar-refractivity contribution in [1.29, 1.82) is 0 Å². The number of rotatable bonds is 8. The number of aromatic nitrogens is 2. The number of benzene rings is 1. The van der Waals surface area contributed by atoms with Crippen molar-refractivity contribution in [2.45, 2.75) is 39.2 Å². The Bertz CT molecular complexity index is 636. The Morgan fingerprint density at radius 3 is 2.67 bits per heavy atom. The van der Waals surface area contributed by atoms with Gasteiger partial charge in [0.15, 0.2) is 0 Å². The van der Waals surface area contributed by atoms with E-state index in [0.717, 1.165) is 36.2 Å². The molecular weight excluding hydrogens is 300 g/mol. The van der Waals surface area contributed by atoms with Crippen LogP contribution in [0.3, 0.4) is 0 Å². The van der Waals surface area contributed by atoms with Gasteiger partial charge in [-0.1, -0.05) is 44.2 Å². The number of likely N-dealkylation sites (N-methyl/N-ethyl adjacent to an activating group) is 1. The molecule has 0 saturated carbocycles. The van der Waals surface area contributed by atoms with Crippen LogP contribution in [0.1, 0.15) is 32.4 Å². The number of nitrogens with two attached hydrogens (primary N) is 1. The average Bonchev–Trinajstić information content (AvgIpc) is 3.03. The maximum absolute atomic E-state index is 12.2. The lowest BCUT2D eigenvalue weighted by atomic mass is 10.0. The van der Waals surface area contributed by atoms with Crippen molar-refractivity contribution in [3.05, 3.63) is 42.1 Å². The number of aryl methyl sites for hydroxylation is 1. The minimum absolute atomic E-state index is 0.0262. The molecule has 5 heteroatoms. The molecule has 0 bridgehead atoms. The third kappa shape index (κ3) is 5.20. The topological polar surface area (TPSA) is 75.0 Å². The average molecular weight is 328 g/mol. The zero-order valence-corrected chi connectivity index (χ0v) is 14.8. The lowest BCUT2D eigenvalue weighted by Crippen LogP contribution is -2.42. The maximum Gasteiger partial charge on any atom is 0.239 e. The molecule has 2 aromatic rings. The van der Waals surface area contributed by atoms with Crippen LogP contribution in [0, 0.1) is 5.92 Å². The fourth-order valence-electron chi connectivity index (χ4n) is 2.76. The van der Waals surface area contributed by atoms with Gasteiger partial charge in [0.25, 0.3) is 0 Å². The van der Waals surface area contributed by atoms with E-state index in [1.54, 1.807) is 4.90 Å². The van der Waals surface area contributed by atoms with E-state index in [1.165, 1.54) is 0 Å². The number of aromatic amines is 1. The van der Waals surface area contributed by atoms with Crippen molar-refractivity contribution in [1.82, 2.24) is 15.1 Å². The highest BCUT2D eigenvalue weighted by Gasteiger charge is 2.18. The standard InChI is InChI=1S/C19H28N4O/c1-14(2)12-17(20)19(24)23(3)11-7-10-16-13-18(22-21-16)15-8-5-4-6-9-15/h4-6,8-9,13-14,17H,7,10-12,20H2,1-3H3,(H,21,22)/t17-/m0/s1. The van der Waals surface area contributed by atoms with Gasteiger partial charge in [0.2, 0.25) is 5.91 Å². The quantitative estimate of drug-likeness (QED) is 0.782. The molecule has 0 aliphatic rings. The first-order valence-electron chi connectivity index (χ1n) is 8.57. The van der Waals surface area contributed by atoms with Crippen LogP contribution in [-0.4, -0.2) is 40.6 Å². The second kappa shape index (κ2) is 8.64. The van der Waals surface area contributed by atoms with Crippen LogP contribution in [0.5, 0.6) is 0 Å². The largest absolute Gasteiger partial charge is 0.344 e. The number of H-pyrrole nitrogens is 1. The molecule has 0 radical (unpaired) electrons. The van der Waals surface area contributed by atoms with Gasteiger partial charge < -0.3 is 10.6 Å². The minimum Gasteiger partial charge on any atom is -0.344 e. The summed E-state index contributed by atoms with van der Waals surface area (Å²) in [7, 11) is 1.82. The Morgan fingerprint density at radius 2 is 2.00 bits per heavy atom. The van der Waals surface area contributed by atoms with E-state index in [0.29, 0.717) is 12.5 Å². The Kier molecular flexibility index (Phi) is 6.55. The van der Waals surface area contributed by atoms with Crippen LogP contribution in [-0.2, 0) is 11.2 Å². The molecule has 24 heavy (non-hydrogen) atoms. The molecular formula is C19H28N4O. The number of carbonyl (C=O) groups is 1. The Morgan fingerprint density at radius 1 is 1.29 bits per heavy atom. The van der Waals surface area contributed by atoms with E-state index in [2.05, 4.69) is 30.1 Å². The van der Waals surface area contributed by atoms with Gasteiger partial charge >= 0.3 is 0 Å². The van der Waals surface area contributed by atoms with Crippen LogP contribution in [0.25, 0.3) is 11.3 Å². The maximum atomic E-state index is 12.2. The molecule has 0 fully saturated rings. The molecule has 2 rings (SSSR count). The third-order valence-corrected chi connectivity index (χ3v) is 4.06. The lowest BCUT2D eigenvalue weighted by Gasteiger charge is -2.22. The molecule has 130 valence electrons. The van der Waals surface area contributed by atoms with Crippen LogP contribution in [0.4, 0.5) is 0 Å². The molecule has 1 atom stereocenters. The van der Waals surface area contributed by atoms with E-state index in [-0.39, 0.29) is 5.91 Å². The van der Waals surface area contributed by atoms with Crippen LogP contribution in [0.2, 0.25) is 0 Å². The summed E-state index contributed by atoms with van der Waals surface area (Å²) >= 11 is 0. The van der Waals surface area contributed by atoms with Crippen molar-refractivity contribution in [2.24, 2.45) is 11.7 Å². The third-order valence-electron chi connectivity index (χ3n) is 4.06. The molecule has 1 aromatic carbocycles. The number of carbonyl (C=O) groups excluding carboxylic acids is 1. The van der Waals surface area contributed by atoms with E-state index in [9.17, 15) is 4.79 Å². The number of nitrogens with zero attached hydrogens (tertiary/aromatic N) is 2. The molecule has 0 spiro atoms. The summed E-state index contributed by atoms with van der Waals surface area (Å²) in [6, 6.07) is 11.8. The van der Waals surface area contributed by atoms with Gasteiger partial charge in [0, 0.05) is 24.8 Å². The number of nitrogens with one attached hydrogen (secondary N) is 1. The summed E-state index contributed by atoms with van der Waals surface area (Å²) in [4.78, 5) is 13.9. The van der Waals surface area contributed by atoms with Crippen LogP contribution in [0.15, 0.2) is 36.4 Å². The highest BCUT2D eigenvalue weighted by Crippen LogP contribution is 2.17. The number of hydrogen-bond donors (Lipinski definition) is 2. The van der Waals surface area contributed by atoms with Crippen molar-refractivity contribution in [2.75, 3.05) is 13.6 Å². The van der Waals surface area contributed by atoms with Crippen molar-refractivity contribution in [3.8, 4) is 11.3 Å². The summed E-state index contributed by atoms with van der Waals surface area (Å²) in [5.41, 5.74) is 9.10. The van der Waals surface area contributed by atoms with Gasteiger partial charge in [-0.3, -0.25) is 9.89 Å². The summed E-state index contributed by atoms with van der Waals surface area (Å²) in [5, 5.41) is 7.43. The van der Waals surface area contributed by atoms with Crippen molar-refractivity contribution >= 4 is 5.91 Å². The highest BCUT2D eigenvalue weighted by molar-refractivity contribution is 5.81. The van der Waals surface area contributed by atoms with Crippen molar-refractivity contribution in [3.63, 3.8) is 0 Å². The Labute approximate surface area is 144 Å². The van der Waals surface area contributed by atoms with Gasteiger partial charge in [-0.05, 0) is 31.2 Å². The first-order valence-corrected chi connectivity index (χ1v) is 8.57. The summed E-state index contributed by atoms with van der Waals surface area (Å²) in [5.74, 6) is 0.456. The molecule has 3 N–H and O–H groups in total. The predicted octanol–water partition coefficient (Wildman–Crippen LogP) is 2.84. The van der Waals surface area contributed by atoms with Crippen LogP contribution < -0.4 is 5.73 Å². The summed E-state index contributed by atoms with van der Waals surface area (Å²) < 4.78 is 0. The van der Waals surface area contributed by atoms with Gasteiger partial charge in [-0.25, -0.2) is 0 Å². The zero-order chi connectivity index (χ0) is 17.5. The zero-order valence-electron chi connectivity index (χ0n) is 14.8. The minimum atomic E-state index is -0.396. The van der Waals surface area contributed by atoms with E-state index < -0.39 is 6.04 Å². The Hall–Kier alpha value is -2.14. The molecule has 0 saturated heterocycles. The first-order chi connectivity index (χ1) is 11.5. The fraction of sp³-hybridized carbons (Fsp3) is 0.474. The van der Waals surface area contributed by atoms with Gasteiger partial charge in [0.1, 0.15) is 0 Å². The van der Waals surface area contributed by atoms with Gasteiger partial charge in [0.05, 0.1) is 11.7 Å². The van der Waals surface area contributed by atoms with E-state index >= 15 is 0 Å². The first kappa shape index (κ1) is 18.2. The number of hydrogen-bond acceptors (Lipinski definition) is 3. The summed E-state index contributed by atoms with van der Waals surface area (Å²) in [6.45, 7) is 4.86. The molecule has 0 aliphatic carbocycles. The molecule has 1 heterocycles. The van der Waals surface area contributed by atoms with Crippen LogP contribution >= 0.6 is 0 Å². The smallest absolute Gasteiger partial charge is 0.239 e. The number of amides is 1. The molecule has 0 unspecified atom stereocenters. The Balaban J connectivity index is 1.80. The SMILES string of the molecule is CC(C)C[C@H](N)C(=O)N(C)CCCc1cc(-c2ccccc2)n[nH]1.